The lowest BCUT2D eigenvalue weighted by Crippen LogP contribution is -1.95. The van der Waals surface area contributed by atoms with Crippen molar-refractivity contribution in [2.45, 2.75) is 0 Å². The lowest BCUT2D eigenvalue weighted by Gasteiger charge is -2.07. The fourth-order valence-corrected chi connectivity index (χ4v) is 0.880. The van der Waals surface area contributed by atoms with Crippen molar-refractivity contribution in [2.24, 2.45) is 4.99 Å². The maximum absolute atomic E-state index is 5.65. The lowest BCUT2D eigenvalue weighted by atomic mass is 10.3. The zero-order valence-electron chi connectivity index (χ0n) is 8.78. The van der Waals surface area contributed by atoms with Gasteiger partial charge in [-0.1, -0.05) is 6.07 Å². The van der Waals surface area contributed by atoms with Crippen LogP contribution < -0.4 is 15.2 Å². The maximum Gasteiger partial charge on any atom is 0.145 e. The minimum absolute atomic E-state index is 0.539. The molecule has 0 aromatic heterocycles. The van der Waals surface area contributed by atoms with Crippen LogP contribution in [0.2, 0.25) is 0 Å². The van der Waals surface area contributed by atoms with Crippen molar-refractivity contribution in [1.82, 2.24) is 0 Å². The number of ether oxygens (including phenoxy) is 2. The fourth-order valence-electron chi connectivity index (χ4n) is 0.880. The van der Waals surface area contributed by atoms with Crippen molar-refractivity contribution in [3.05, 3.63) is 18.2 Å². The number of nitrogens with zero attached hydrogens (tertiary/aromatic N) is 1. The van der Waals surface area contributed by atoms with Crippen LogP contribution in [0.25, 0.3) is 0 Å². The third-order valence-electron chi connectivity index (χ3n) is 1.47. The molecule has 1 aromatic carbocycles. The number of hydrogen-bond acceptors (Lipinski definition) is 4. The Bertz CT molecular complexity index is 265. The van der Waals surface area contributed by atoms with Crippen LogP contribution in [0.1, 0.15) is 0 Å². The molecule has 4 nitrogen and oxygen atoms in total. The number of aliphatic imine (C=N–C) groups is 1. The van der Waals surface area contributed by atoms with E-state index in [4.69, 9.17) is 15.2 Å². The first-order valence-corrected chi connectivity index (χ1v) is 4.02. The Labute approximate surface area is 84.4 Å². The third kappa shape index (κ3) is 3.35. The van der Waals surface area contributed by atoms with E-state index in [-0.39, 0.29) is 0 Å². The Morgan fingerprint density at radius 1 is 1.21 bits per heavy atom. The van der Waals surface area contributed by atoms with Gasteiger partial charge in [0.15, 0.2) is 0 Å². The van der Waals surface area contributed by atoms with Gasteiger partial charge in [0.25, 0.3) is 0 Å². The quantitative estimate of drug-likeness (QED) is 0.577. The number of nitrogen functional groups attached to an aromatic ring is 1. The summed E-state index contributed by atoms with van der Waals surface area (Å²) >= 11 is 0. The molecule has 0 atom stereocenters. The molecule has 0 aliphatic carbocycles. The van der Waals surface area contributed by atoms with Crippen molar-refractivity contribution in [3.8, 4) is 11.5 Å². The number of nitrogens with two attached hydrogens (primary N) is 1. The maximum atomic E-state index is 5.65. The Morgan fingerprint density at radius 3 is 1.86 bits per heavy atom. The lowest BCUT2D eigenvalue weighted by molar-refractivity contribution is 0.398. The van der Waals surface area contributed by atoms with E-state index in [0.717, 1.165) is 0 Å². The summed E-state index contributed by atoms with van der Waals surface area (Å²) in [6.07, 6.45) is 0. The molecule has 78 valence electrons. The molecular formula is C10H16N2O2. The summed E-state index contributed by atoms with van der Waals surface area (Å²) < 4.78 is 9.96. The first kappa shape index (κ1) is 12.3. The molecule has 0 aliphatic rings. The molecule has 4 heteroatoms. The first-order valence-electron chi connectivity index (χ1n) is 4.02. The molecule has 0 bridgehead atoms. The van der Waals surface area contributed by atoms with Crippen LogP contribution >= 0.6 is 0 Å². The molecule has 0 radical (unpaired) electrons. The summed E-state index contributed by atoms with van der Waals surface area (Å²) in [6.45, 7) is 3.11. The summed E-state index contributed by atoms with van der Waals surface area (Å²) in [6, 6.07) is 5.41. The Morgan fingerprint density at radius 2 is 1.57 bits per heavy atom. The van der Waals surface area contributed by atoms with Crippen molar-refractivity contribution < 1.29 is 9.47 Å². The highest BCUT2D eigenvalue weighted by atomic mass is 16.5. The van der Waals surface area contributed by atoms with Crippen LogP contribution in [0.15, 0.2) is 23.2 Å². The summed E-state index contributed by atoms with van der Waals surface area (Å²) in [5.74, 6) is 1.29. The van der Waals surface area contributed by atoms with E-state index in [9.17, 15) is 0 Å². The first-order chi connectivity index (χ1) is 6.71. The second-order valence-electron chi connectivity index (χ2n) is 2.39. The number of para-hydroxylation sites is 1. The Hall–Kier alpha value is -1.71. The van der Waals surface area contributed by atoms with Gasteiger partial charge in [-0.05, 0) is 18.9 Å². The molecule has 0 heterocycles. The summed E-state index contributed by atoms with van der Waals surface area (Å²) in [5.41, 5.74) is 6.19. The van der Waals surface area contributed by atoms with E-state index in [1.807, 2.05) is 6.07 Å². The Balaban J connectivity index is 0.000000500. The van der Waals surface area contributed by atoms with Gasteiger partial charge in [-0.3, -0.25) is 0 Å². The molecule has 2 N–H and O–H groups in total. The molecule has 0 aliphatic heterocycles. The molecule has 14 heavy (non-hydrogen) atoms. The molecule has 0 amide bonds. The summed E-state index contributed by atoms with van der Waals surface area (Å²) in [5, 5.41) is 0. The van der Waals surface area contributed by atoms with E-state index in [1.165, 1.54) is 0 Å². The highest BCUT2D eigenvalue weighted by Gasteiger charge is 2.03. The van der Waals surface area contributed by atoms with Crippen molar-refractivity contribution in [2.75, 3.05) is 27.0 Å². The van der Waals surface area contributed by atoms with Gasteiger partial charge in [-0.2, -0.15) is 0 Å². The predicted molar refractivity (Wildman–Crippen MR) is 59.4 cm³/mol. The summed E-state index contributed by atoms with van der Waals surface area (Å²) in [4.78, 5) is 3.25. The van der Waals surface area contributed by atoms with Crippen molar-refractivity contribution in [1.29, 1.82) is 0 Å². The molecule has 0 spiro atoms. The minimum atomic E-state index is 0.539. The Kier molecular flexibility index (Phi) is 5.94. The normalized spacial score (nSPS) is 8.21. The van der Waals surface area contributed by atoms with Crippen LogP contribution in [-0.4, -0.2) is 28.0 Å². The monoisotopic (exact) mass is 196 g/mol. The summed E-state index contributed by atoms with van der Waals surface area (Å²) in [7, 11) is 4.79. The van der Waals surface area contributed by atoms with Gasteiger partial charge in [0.2, 0.25) is 0 Å². The second-order valence-corrected chi connectivity index (χ2v) is 2.39. The average Bonchev–Trinajstić information content (AvgIpc) is 2.19. The molecule has 0 saturated heterocycles. The van der Waals surface area contributed by atoms with E-state index in [0.29, 0.717) is 17.2 Å². The number of methoxy groups -OCH3 is 2. The van der Waals surface area contributed by atoms with Crippen molar-refractivity contribution in [3.63, 3.8) is 0 Å². The fraction of sp³-hybridized carbons (Fsp3) is 0.300. The van der Waals surface area contributed by atoms with Gasteiger partial charge in [0, 0.05) is 7.05 Å². The van der Waals surface area contributed by atoms with Crippen LogP contribution in [0.5, 0.6) is 11.5 Å². The van der Waals surface area contributed by atoms with Crippen LogP contribution in [-0.2, 0) is 0 Å². The van der Waals surface area contributed by atoms with Gasteiger partial charge in [0.1, 0.15) is 17.2 Å². The van der Waals surface area contributed by atoms with E-state index >= 15 is 0 Å². The predicted octanol–water partition coefficient (Wildman–Crippen LogP) is 1.60. The van der Waals surface area contributed by atoms with Crippen LogP contribution in [0, 0.1) is 0 Å². The smallest absolute Gasteiger partial charge is 0.145 e. The molecular weight excluding hydrogens is 180 g/mol. The highest BCUT2D eigenvalue weighted by Crippen LogP contribution is 2.30. The SMILES string of the molecule is C=NC.COc1cccc(OC)c1N. The van der Waals surface area contributed by atoms with Gasteiger partial charge in [0.05, 0.1) is 14.2 Å². The standard InChI is InChI=1S/C8H11NO2.C2H5N/c1-10-6-4-3-5-7(11-2)8(6)9;1-3-2/h3-5H,9H2,1-2H3;1H2,2H3. The largest absolute Gasteiger partial charge is 0.494 e. The average molecular weight is 196 g/mol. The van der Waals surface area contributed by atoms with Crippen LogP contribution in [0.3, 0.4) is 0 Å². The topological polar surface area (TPSA) is 56.8 Å². The molecule has 1 rings (SSSR count). The van der Waals surface area contributed by atoms with Crippen LogP contribution in [0.4, 0.5) is 5.69 Å². The second kappa shape index (κ2) is 6.77. The zero-order valence-corrected chi connectivity index (χ0v) is 8.78. The minimum Gasteiger partial charge on any atom is -0.494 e. The van der Waals surface area contributed by atoms with E-state index < -0.39 is 0 Å². The molecule has 0 unspecified atom stereocenters. The number of hydrogen-bond donors (Lipinski definition) is 1. The van der Waals surface area contributed by atoms with Crippen molar-refractivity contribution >= 4 is 12.4 Å². The van der Waals surface area contributed by atoms with E-state index in [1.54, 1.807) is 33.4 Å². The number of benzene rings is 1. The zero-order chi connectivity index (χ0) is 11.0. The van der Waals surface area contributed by atoms with Gasteiger partial charge in [-0.25, -0.2) is 0 Å². The van der Waals surface area contributed by atoms with E-state index in [2.05, 4.69) is 11.7 Å². The molecule has 1 aromatic rings. The number of anilines is 1. The number of rotatable bonds is 2. The third-order valence-corrected chi connectivity index (χ3v) is 1.47. The molecule has 0 fully saturated rings. The van der Waals surface area contributed by atoms with Gasteiger partial charge in [-0.15, -0.1) is 0 Å². The van der Waals surface area contributed by atoms with Gasteiger partial charge < -0.3 is 20.2 Å². The molecule has 0 saturated carbocycles. The highest BCUT2D eigenvalue weighted by molar-refractivity contribution is 5.62. The van der Waals surface area contributed by atoms with Gasteiger partial charge >= 0.3 is 0 Å².